The van der Waals surface area contributed by atoms with E-state index in [4.69, 9.17) is 0 Å². The second-order valence-corrected chi connectivity index (χ2v) is 6.82. The Hall–Kier alpha value is -0.120. The third-order valence-corrected chi connectivity index (χ3v) is 4.70. The lowest BCUT2D eigenvalue weighted by atomic mass is 9.80. The first-order chi connectivity index (χ1) is 8.47. The molecule has 106 valence electrons. The van der Waals surface area contributed by atoms with Gasteiger partial charge in [-0.1, -0.05) is 12.8 Å². The van der Waals surface area contributed by atoms with Gasteiger partial charge in [0.15, 0.2) is 0 Å². The van der Waals surface area contributed by atoms with Crippen LogP contribution in [0.2, 0.25) is 0 Å². The highest BCUT2D eigenvalue weighted by molar-refractivity contribution is 4.90. The first-order valence-corrected chi connectivity index (χ1v) is 7.62. The fourth-order valence-corrected chi connectivity index (χ4v) is 3.62. The van der Waals surface area contributed by atoms with Crippen molar-refractivity contribution in [2.24, 2.45) is 5.92 Å². The number of aliphatic hydroxyl groups is 2. The van der Waals surface area contributed by atoms with Gasteiger partial charge in [-0.25, -0.2) is 0 Å². The van der Waals surface area contributed by atoms with Crippen molar-refractivity contribution in [2.75, 3.05) is 13.1 Å². The second-order valence-electron chi connectivity index (χ2n) is 6.82. The molecule has 1 aliphatic carbocycles. The maximum absolute atomic E-state index is 10.2. The van der Waals surface area contributed by atoms with Crippen molar-refractivity contribution >= 4 is 0 Å². The lowest BCUT2D eigenvalue weighted by Gasteiger charge is -2.38. The Labute approximate surface area is 111 Å². The van der Waals surface area contributed by atoms with E-state index in [1.807, 2.05) is 13.8 Å². The van der Waals surface area contributed by atoms with Gasteiger partial charge in [0, 0.05) is 18.5 Å². The van der Waals surface area contributed by atoms with E-state index >= 15 is 0 Å². The van der Waals surface area contributed by atoms with E-state index in [1.165, 1.54) is 32.1 Å². The quantitative estimate of drug-likeness (QED) is 0.809. The van der Waals surface area contributed by atoms with Gasteiger partial charge in [-0.15, -0.1) is 0 Å². The van der Waals surface area contributed by atoms with Crippen LogP contribution in [0.25, 0.3) is 0 Å². The Kier molecular flexibility index (Phi) is 4.68. The van der Waals surface area contributed by atoms with Crippen molar-refractivity contribution in [3.8, 4) is 0 Å². The molecule has 3 heteroatoms. The molecule has 18 heavy (non-hydrogen) atoms. The normalized spacial score (nSPS) is 35.0. The molecule has 3 atom stereocenters. The third kappa shape index (κ3) is 3.69. The maximum atomic E-state index is 10.2. The molecule has 0 amide bonds. The molecule has 2 rings (SSSR count). The summed E-state index contributed by atoms with van der Waals surface area (Å²) in [7, 11) is 0. The molecule has 1 aliphatic heterocycles. The van der Waals surface area contributed by atoms with Crippen LogP contribution in [-0.4, -0.2) is 45.9 Å². The van der Waals surface area contributed by atoms with Crippen molar-refractivity contribution in [2.45, 2.75) is 76.5 Å². The van der Waals surface area contributed by atoms with E-state index in [1.54, 1.807) is 0 Å². The Balaban J connectivity index is 1.90. The van der Waals surface area contributed by atoms with Crippen molar-refractivity contribution in [1.82, 2.24) is 4.90 Å². The molecule has 0 aromatic rings. The monoisotopic (exact) mass is 255 g/mol. The van der Waals surface area contributed by atoms with Crippen LogP contribution >= 0.6 is 0 Å². The molecule has 3 unspecified atom stereocenters. The van der Waals surface area contributed by atoms with Crippen molar-refractivity contribution < 1.29 is 10.2 Å². The van der Waals surface area contributed by atoms with Gasteiger partial charge < -0.3 is 10.2 Å². The molecule has 3 nitrogen and oxygen atoms in total. The molecular weight excluding hydrogens is 226 g/mol. The summed E-state index contributed by atoms with van der Waals surface area (Å²) in [5.41, 5.74) is -0.571. The van der Waals surface area contributed by atoms with Gasteiger partial charge in [-0.3, -0.25) is 4.90 Å². The highest BCUT2D eigenvalue weighted by Gasteiger charge is 2.36. The number of hydrogen-bond acceptors (Lipinski definition) is 3. The average Bonchev–Trinajstić information content (AvgIpc) is 2.74. The predicted octanol–water partition coefficient (Wildman–Crippen LogP) is 2.16. The molecule has 0 radical (unpaired) electrons. The van der Waals surface area contributed by atoms with Gasteiger partial charge >= 0.3 is 0 Å². The summed E-state index contributed by atoms with van der Waals surface area (Å²) in [6.07, 6.45) is 7.85. The summed E-state index contributed by atoms with van der Waals surface area (Å²) in [5, 5.41) is 20.0. The van der Waals surface area contributed by atoms with Crippen LogP contribution in [0.15, 0.2) is 0 Å². The molecule has 0 aromatic carbocycles. The van der Waals surface area contributed by atoms with Gasteiger partial charge in [0.05, 0.1) is 11.7 Å². The Morgan fingerprint density at radius 1 is 1.11 bits per heavy atom. The number of likely N-dealkylation sites (tertiary alicyclic amines) is 1. The van der Waals surface area contributed by atoms with E-state index in [-0.39, 0.29) is 6.10 Å². The summed E-state index contributed by atoms with van der Waals surface area (Å²) in [6.45, 7) is 5.88. The zero-order valence-corrected chi connectivity index (χ0v) is 11.9. The minimum absolute atomic E-state index is 0.0912. The zero-order valence-electron chi connectivity index (χ0n) is 11.9. The molecule has 2 N–H and O–H groups in total. The summed E-state index contributed by atoms with van der Waals surface area (Å²) in [6, 6.07) is 0.558. The van der Waals surface area contributed by atoms with Gasteiger partial charge in [0.2, 0.25) is 0 Å². The predicted molar refractivity (Wildman–Crippen MR) is 73.5 cm³/mol. The summed E-state index contributed by atoms with van der Waals surface area (Å²) in [5.74, 6) is 0.475. The highest BCUT2D eigenvalue weighted by atomic mass is 16.3. The zero-order chi connectivity index (χ0) is 13.2. The van der Waals surface area contributed by atoms with E-state index in [2.05, 4.69) is 4.90 Å². The Morgan fingerprint density at radius 3 is 2.50 bits per heavy atom. The second kappa shape index (κ2) is 5.89. The third-order valence-electron chi connectivity index (χ3n) is 4.70. The van der Waals surface area contributed by atoms with Crippen molar-refractivity contribution in [3.63, 3.8) is 0 Å². The van der Waals surface area contributed by atoms with Crippen LogP contribution in [0.1, 0.15) is 58.8 Å². The lowest BCUT2D eigenvalue weighted by Crippen LogP contribution is -2.44. The van der Waals surface area contributed by atoms with Gasteiger partial charge in [-0.2, -0.15) is 0 Å². The molecule has 1 heterocycles. The summed E-state index contributed by atoms with van der Waals surface area (Å²) in [4.78, 5) is 2.51. The molecular formula is C15H29NO2. The fourth-order valence-electron chi connectivity index (χ4n) is 3.62. The maximum Gasteiger partial charge on any atom is 0.0603 e. The van der Waals surface area contributed by atoms with Crippen LogP contribution in [-0.2, 0) is 0 Å². The molecule has 0 aromatic heterocycles. The van der Waals surface area contributed by atoms with E-state index in [0.29, 0.717) is 12.0 Å². The molecule has 2 fully saturated rings. The summed E-state index contributed by atoms with van der Waals surface area (Å²) < 4.78 is 0. The summed E-state index contributed by atoms with van der Waals surface area (Å²) >= 11 is 0. The topological polar surface area (TPSA) is 43.7 Å². The first-order valence-electron chi connectivity index (χ1n) is 7.62. The van der Waals surface area contributed by atoms with Crippen LogP contribution in [0.5, 0.6) is 0 Å². The minimum atomic E-state index is -0.571. The number of hydrogen-bond donors (Lipinski definition) is 2. The van der Waals surface area contributed by atoms with Crippen LogP contribution in [0.3, 0.4) is 0 Å². The van der Waals surface area contributed by atoms with Crippen LogP contribution in [0, 0.1) is 5.92 Å². The SMILES string of the molecule is CC(C)(O)CCN1CCCC1C1CCCCC1O. The minimum Gasteiger partial charge on any atom is -0.393 e. The smallest absolute Gasteiger partial charge is 0.0603 e. The largest absolute Gasteiger partial charge is 0.393 e. The van der Waals surface area contributed by atoms with E-state index < -0.39 is 5.60 Å². The first kappa shape index (κ1) is 14.3. The fraction of sp³-hybridized carbons (Fsp3) is 1.00. The molecule has 0 spiro atoms. The molecule has 2 aliphatic rings. The standard InChI is InChI=1S/C15H29NO2/c1-15(2,18)9-11-16-10-5-7-13(16)12-6-3-4-8-14(12)17/h12-14,17-18H,3-11H2,1-2H3. The van der Waals surface area contributed by atoms with Crippen molar-refractivity contribution in [1.29, 1.82) is 0 Å². The van der Waals surface area contributed by atoms with Gasteiger partial charge in [0.25, 0.3) is 0 Å². The van der Waals surface area contributed by atoms with Crippen LogP contribution in [0.4, 0.5) is 0 Å². The van der Waals surface area contributed by atoms with E-state index in [0.717, 1.165) is 25.9 Å². The number of aliphatic hydroxyl groups excluding tert-OH is 1. The van der Waals surface area contributed by atoms with Crippen LogP contribution < -0.4 is 0 Å². The lowest BCUT2D eigenvalue weighted by molar-refractivity contribution is 0.0104. The number of nitrogens with zero attached hydrogens (tertiary/aromatic N) is 1. The molecule has 1 saturated carbocycles. The average molecular weight is 255 g/mol. The van der Waals surface area contributed by atoms with Gasteiger partial charge in [-0.05, 0) is 52.5 Å². The van der Waals surface area contributed by atoms with E-state index in [9.17, 15) is 10.2 Å². The Bertz CT molecular complexity index is 262. The van der Waals surface area contributed by atoms with Crippen molar-refractivity contribution in [3.05, 3.63) is 0 Å². The highest BCUT2D eigenvalue weighted by Crippen LogP contribution is 2.34. The number of rotatable bonds is 4. The Morgan fingerprint density at radius 2 is 1.83 bits per heavy atom. The molecule has 0 bridgehead atoms. The molecule has 1 saturated heterocycles. The van der Waals surface area contributed by atoms with Gasteiger partial charge in [0.1, 0.15) is 0 Å².